The van der Waals surface area contributed by atoms with E-state index in [2.05, 4.69) is 4.98 Å². The van der Waals surface area contributed by atoms with Crippen LogP contribution in [0.15, 0.2) is 18.2 Å². The zero-order valence-electron chi connectivity index (χ0n) is 9.57. The summed E-state index contributed by atoms with van der Waals surface area (Å²) in [5.74, 6) is 0.576. The molecular weight excluding hydrogens is 214 g/mol. The smallest absolute Gasteiger partial charge is 0.214 e. The van der Waals surface area contributed by atoms with E-state index < -0.39 is 0 Å². The van der Waals surface area contributed by atoms with Crippen LogP contribution in [0.1, 0.15) is 27.7 Å². The summed E-state index contributed by atoms with van der Waals surface area (Å²) < 4.78 is 5.30. The molecule has 0 spiro atoms. The largest absolute Gasteiger partial charge is 0.475 e. The van der Waals surface area contributed by atoms with Crippen LogP contribution in [0.3, 0.4) is 0 Å². The van der Waals surface area contributed by atoms with Gasteiger partial charge in [-0.3, -0.25) is 0 Å². The van der Waals surface area contributed by atoms with Gasteiger partial charge in [0.25, 0.3) is 0 Å². The molecule has 0 saturated carbocycles. The molecule has 0 saturated heterocycles. The first-order valence-corrected chi connectivity index (χ1v) is 5.27. The summed E-state index contributed by atoms with van der Waals surface area (Å²) >= 11 is 5.64. The zero-order valence-corrected chi connectivity index (χ0v) is 10.3. The first kappa shape index (κ1) is 14.2. The molecule has 1 rings (SSSR count). The van der Waals surface area contributed by atoms with Crippen LogP contribution in [0.4, 0.5) is 0 Å². The van der Waals surface area contributed by atoms with E-state index in [4.69, 9.17) is 21.4 Å². The van der Waals surface area contributed by atoms with Gasteiger partial charge in [-0.2, -0.15) is 0 Å². The van der Waals surface area contributed by atoms with Gasteiger partial charge in [0.05, 0.1) is 6.10 Å². The number of ether oxygens (including phenoxy) is 1. The Labute approximate surface area is 96.1 Å². The van der Waals surface area contributed by atoms with Crippen LogP contribution in [0.5, 0.6) is 5.88 Å². The lowest BCUT2D eigenvalue weighted by atomic mass is 10.4. The number of aliphatic hydroxyl groups is 1. The van der Waals surface area contributed by atoms with E-state index >= 15 is 0 Å². The summed E-state index contributed by atoms with van der Waals surface area (Å²) in [4.78, 5) is 3.96. The van der Waals surface area contributed by atoms with Crippen molar-refractivity contribution < 1.29 is 9.84 Å². The highest BCUT2D eigenvalue weighted by molar-refractivity contribution is 6.29. The number of halogens is 1. The molecular formula is C11H18ClNO2. The second-order valence-electron chi connectivity index (χ2n) is 3.56. The van der Waals surface area contributed by atoms with E-state index in [0.717, 1.165) is 0 Å². The van der Waals surface area contributed by atoms with E-state index in [1.54, 1.807) is 26.0 Å². The Morgan fingerprint density at radius 2 is 1.80 bits per heavy atom. The number of nitrogens with zero attached hydrogens (tertiary/aromatic N) is 1. The van der Waals surface area contributed by atoms with Crippen molar-refractivity contribution in [3.8, 4) is 5.88 Å². The van der Waals surface area contributed by atoms with Gasteiger partial charge in [-0.25, -0.2) is 4.98 Å². The number of hydrogen-bond acceptors (Lipinski definition) is 3. The molecule has 0 amide bonds. The molecule has 0 unspecified atom stereocenters. The van der Waals surface area contributed by atoms with Gasteiger partial charge in [0, 0.05) is 12.2 Å². The molecule has 0 aliphatic heterocycles. The van der Waals surface area contributed by atoms with Crippen LogP contribution in [0.2, 0.25) is 5.15 Å². The average Bonchev–Trinajstić information content (AvgIpc) is 2.00. The van der Waals surface area contributed by atoms with Gasteiger partial charge in [-0.1, -0.05) is 17.7 Å². The number of hydrogen-bond donors (Lipinski definition) is 1. The number of aromatic nitrogens is 1. The lowest BCUT2D eigenvalue weighted by Gasteiger charge is -2.07. The minimum Gasteiger partial charge on any atom is -0.475 e. The summed E-state index contributed by atoms with van der Waals surface area (Å²) in [6.07, 6.45) is -0.0269. The van der Waals surface area contributed by atoms with E-state index in [0.29, 0.717) is 11.0 Å². The van der Waals surface area contributed by atoms with E-state index in [1.807, 2.05) is 19.9 Å². The molecule has 0 fully saturated rings. The Hall–Kier alpha value is -0.800. The molecule has 0 aromatic carbocycles. The van der Waals surface area contributed by atoms with Crippen LogP contribution < -0.4 is 4.74 Å². The second-order valence-corrected chi connectivity index (χ2v) is 3.95. The fraction of sp³-hybridized carbons (Fsp3) is 0.545. The molecule has 0 aliphatic rings. The third-order valence-corrected chi connectivity index (χ3v) is 1.26. The van der Waals surface area contributed by atoms with Gasteiger partial charge >= 0.3 is 0 Å². The molecule has 0 radical (unpaired) electrons. The Kier molecular flexibility index (Phi) is 7.09. The maximum Gasteiger partial charge on any atom is 0.214 e. The number of aliphatic hydroxyl groups excluding tert-OH is 1. The molecule has 3 nitrogen and oxygen atoms in total. The van der Waals surface area contributed by atoms with Gasteiger partial charge in [-0.05, 0) is 33.8 Å². The number of rotatable bonds is 2. The standard InChI is InChI=1S/C8H10ClNO.C3H8O/c1-6(2)11-8-5-3-4-7(9)10-8;1-3(2)4/h3-6H,1-2H3;3-4H,1-2H3. The monoisotopic (exact) mass is 231 g/mol. The minimum atomic E-state index is -0.167. The van der Waals surface area contributed by atoms with Crippen LogP contribution in [-0.2, 0) is 0 Å². The van der Waals surface area contributed by atoms with E-state index in [-0.39, 0.29) is 12.2 Å². The average molecular weight is 232 g/mol. The van der Waals surface area contributed by atoms with E-state index in [9.17, 15) is 0 Å². The van der Waals surface area contributed by atoms with Crippen LogP contribution in [0, 0.1) is 0 Å². The van der Waals surface area contributed by atoms with Crippen molar-refractivity contribution in [2.75, 3.05) is 0 Å². The Morgan fingerprint density at radius 3 is 2.20 bits per heavy atom. The van der Waals surface area contributed by atoms with Gasteiger partial charge in [0.2, 0.25) is 5.88 Å². The van der Waals surface area contributed by atoms with Gasteiger partial charge in [-0.15, -0.1) is 0 Å². The fourth-order valence-corrected chi connectivity index (χ4v) is 0.853. The summed E-state index contributed by atoms with van der Waals surface area (Å²) in [7, 11) is 0. The summed E-state index contributed by atoms with van der Waals surface area (Å²) in [6, 6.07) is 5.31. The minimum absolute atomic E-state index is 0.140. The zero-order chi connectivity index (χ0) is 11.8. The molecule has 15 heavy (non-hydrogen) atoms. The van der Waals surface area contributed by atoms with Crippen molar-refractivity contribution in [1.82, 2.24) is 4.98 Å². The van der Waals surface area contributed by atoms with E-state index in [1.165, 1.54) is 0 Å². The van der Waals surface area contributed by atoms with Crippen LogP contribution in [-0.4, -0.2) is 22.3 Å². The second kappa shape index (κ2) is 7.49. The molecule has 0 aliphatic carbocycles. The predicted molar refractivity (Wildman–Crippen MR) is 62.4 cm³/mol. The van der Waals surface area contributed by atoms with Gasteiger partial charge < -0.3 is 9.84 Å². The van der Waals surface area contributed by atoms with Gasteiger partial charge in [0.1, 0.15) is 5.15 Å². The third-order valence-electron chi connectivity index (χ3n) is 1.05. The Bertz CT molecular complexity index is 274. The summed E-state index contributed by atoms with van der Waals surface area (Å²) in [5, 5.41) is 8.52. The molecule has 1 N–H and O–H groups in total. The molecule has 1 heterocycles. The lowest BCUT2D eigenvalue weighted by molar-refractivity contribution is 0.216. The fourth-order valence-electron chi connectivity index (χ4n) is 0.697. The summed E-state index contributed by atoms with van der Waals surface area (Å²) in [6.45, 7) is 7.34. The van der Waals surface area contributed by atoms with Crippen LogP contribution >= 0.6 is 11.6 Å². The molecule has 0 atom stereocenters. The third kappa shape index (κ3) is 9.50. The Morgan fingerprint density at radius 1 is 1.27 bits per heavy atom. The molecule has 1 aromatic heterocycles. The van der Waals surface area contributed by atoms with Crippen molar-refractivity contribution in [3.05, 3.63) is 23.4 Å². The topological polar surface area (TPSA) is 42.4 Å². The lowest BCUT2D eigenvalue weighted by Crippen LogP contribution is -2.06. The predicted octanol–water partition coefficient (Wildman–Crippen LogP) is 2.91. The maximum absolute atomic E-state index is 8.06. The maximum atomic E-state index is 8.06. The first-order valence-electron chi connectivity index (χ1n) is 4.89. The van der Waals surface area contributed by atoms with Crippen molar-refractivity contribution >= 4 is 11.6 Å². The molecule has 0 bridgehead atoms. The van der Waals surface area contributed by atoms with Crippen molar-refractivity contribution in [3.63, 3.8) is 0 Å². The Balaban J connectivity index is 0.000000423. The molecule has 4 heteroatoms. The number of pyridine rings is 1. The van der Waals surface area contributed by atoms with Crippen molar-refractivity contribution in [2.24, 2.45) is 0 Å². The van der Waals surface area contributed by atoms with Crippen molar-refractivity contribution in [2.45, 2.75) is 39.9 Å². The first-order chi connectivity index (χ1) is 6.91. The highest BCUT2D eigenvalue weighted by atomic mass is 35.5. The SMILES string of the molecule is CC(C)O.CC(C)Oc1cccc(Cl)n1. The molecule has 86 valence electrons. The van der Waals surface area contributed by atoms with Crippen LogP contribution in [0.25, 0.3) is 0 Å². The quantitative estimate of drug-likeness (QED) is 0.796. The highest BCUT2D eigenvalue weighted by Gasteiger charge is 1.97. The van der Waals surface area contributed by atoms with Crippen molar-refractivity contribution in [1.29, 1.82) is 0 Å². The normalized spacial score (nSPS) is 9.87. The van der Waals surface area contributed by atoms with Gasteiger partial charge in [0.15, 0.2) is 0 Å². The molecule has 1 aromatic rings. The summed E-state index contributed by atoms with van der Waals surface area (Å²) in [5.41, 5.74) is 0. The highest BCUT2D eigenvalue weighted by Crippen LogP contribution is 2.12.